The van der Waals surface area contributed by atoms with Gasteiger partial charge in [-0.2, -0.15) is 4.57 Å². The Hall–Kier alpha value is -1.95. The molecule has 10 heteroatoms. The fourth-order valence-corrected chi connectivity index (χ4v) is 4.78. The molecule has 0 aliphatic carbocycles. The van der Waals surface area contributed by atoms with Gasteiger partial charge in [-0.25, -0.2) is 18.6 Å². The van der Waals surface area contributed by atoms with E-state index in [1.165, 1.54) is 33.9 Å². The predicted octanol–water partition coefficient (Wildman–Crippen LogP) is 1.77. The topological polar surface area (TPSA) is 101 Å². The van der Waals surface area contributed by atoms with Gasteiger partial charge in [-0.05, 0) is 44.6 Å². The van der Waals surface area contributed by atoms with E-state index in [9.17, 15) is 0 Å². The van der Waals surface area contributed by atoms with Gasteiger partial charge < -0.3 is 0 Å². The number of benzene rings is 2. The van der Waals surface area contributed by atoms with E-state index in [1.807, 2.05) is 12.1 Å². The average molecular weight is 511 g/mol. The van der Waals surface area contributed by atoms with E-state index in [-0.39, 0.29) is 0 Å². The molecule has 0 saturated heterocycles. The molecule has 4 aromatic rings. The molecule has 0 amide bonds. The SMILES string of the molecule is Cc1ccccc1-[n+]1cscc1C.Cc1ccccc1-n1c(C)csc1=S.[O-][Cl+3]([O-])([O-])[O-]. The Morgan fingerprint density at radius 2 is 1.41 bits per heavy atom. The molecule has 2 aromatic carbocycles. The summed E-state index contributed by atoms with van der Waals surface area (Å²) in [7, 11) is -4.94. The first-order valence-corrected chi connectivity index (χ1v) is 12.8. The highest BCUT2D eigenvalue weighted by atomic mass is 35.7. The van der Waals surface area contributed by atoms with Crippen molar-refractivity contribution in [1.29, 1.82) is 0 Å². The van der Waals surface area contributed by atoms with Gasteiger partial charge in [-0.3, -0.25) is 4.57 Å². The van der Waals surface area contributed by atoms with Crippen molar-refractivity contribution in [3.05, 3.63) is 91.3 Å². The van der Waals surface area contributed by atoms with Crippen molar-refractivity contribution in [2.45, 2.75) is 27.7 Å². The second-order valence-corrected chi connectivity index (χ2v) is 9.78. The minimum Gasteiger partial charge on any atom is -0.296 e. The van der Waals surface area contributed by atoms with Crippen molar-refractivity contribution in [1.82, 2.24) is 4.57 Å². The molecule has 0 bridgehead atoms. The zero-order chi connectivity index (χ0) is 23.9. The lowest BCUT2D eigenvalue weighted by Crippen LogP contribution is -2.68. The largest absolute Gasteiger partial charge is 0.296 e. The van der Waals surface area contributed by atoms with Gasteiger partial charge in [-0.15, -0.1) is 21.6 Å². The summed E-state index contributed by atoms with van der Waals surface area (Å²) >= 11 is 8.64. The molecule has 0 spiro atoms. The maximum Gasteiger partial charge on any atom is 0.230 e. The van der Waals surface area contributed by atoms with Gasteiger partial charge in [0.2, 0.25) is 11.2 Å². The van der Waals surface area contributed by atoms with Gasteiger partial charge in [0.05, 0.1) is 11.1 Å². The van der Waals surface area contributed by atoms with Crippen molar-refractivity contribution in [2.75, 3.05) is 0 Å². The number of nitrogens with zero attached hydrogens (tertiary/aromatic N) is 2. The Morgan fingerprint density at radius 3 is 1.88 bits per heavy atom. The van der Waals surface area contributed by atoms with Gasteiger partial charge in [0.15, 0.2) is 9.65 Å². The van der Waals surface area contributed by atoms with Crippen molar-refractivity contribution >= 4 is 34.9 Å². The first kappa shape index (κ1) is 26.3. The zero-order valence-corrected chi connectivity index (χ0v) is 21.2. The first-order valence-electron chi connectivity index (χ1n) is 9.34. The molecule has 32 heavy (non-hydrogen) atoms. The molecule has 0 N–H and O–H groups in total. The highest BCUT2D eigenvalue weighted by molar-refractivity contribution is 7.73. The second-order valence-electron chi connectivity index (χ2n) is 6.80. The number of thiazole rings is 2. The van der Waals surface area contributed by atoms with Gasteiger partial charge >= 0.3 is 0 Å². The molecule has 0 radical (unpaired) electrons. The van der Waals surface area contributed by atoms with Crippen LogP contribution in [0.2, 0.25) is 0 Å². The standard InChI is InChI=1S/C11H11NS2.C11H12NS.ClHO4/c1-8-5-3-4-6-10(8)12-9(2)7-14-11(12)13;1-9-5-3-4-6-11(9)12-8-13-7-10(12)2;2-1(3,4)5/h3-7H,1-2H3;3-8H,1-2H3;(H,2,3,4,5)/q;+1;/p-1. The van der Waals surface area contributed by atoms with E-state index in [0.717, 1.165) is 3.95 Å². The fraction of sp³-hybridized carbons (Fsp3) is 0.182. The summed E-state index contributed by atoms with van der Waals surface area (Å²) in [6.07, 6.45) is 0. The predicted molar refractivity (Wildman–Crippen MR) is 119 cm³/mol. The van der Waals surface area contributed by atoms with Crippen molar-refractivity contribution in [2.24, 2.45) is 0 Å². The monoisotopic (exact) mass is 510 g/mol. The van der Waals surface area contributed by atoms with Gasteiger partial charge in [-0.1, -0.05) is 47.7 Å². The van der Waals surface area contributed by atoms with Crippen LogP contribution in [-0.4, -0.2) is 4.57 Å². The zero-order valence-electron chi connectivity index (χ0n) is 18.0. The summed E-state index contributed by atoms with van der Waals surface area (Å²) in [5, 5.41) is 4.25. The molecule has 0 aliphatic heterocycles. The molecule has 0 unspecified atom stereocenters. The minimum atomic E-state index is -4.94. The average Bonchev–Trinajstić information content (AvgIpc) is 3.27. The van der Waals surface area contributed by atoms with Crippen LogP contribution in [0.4, 0.5) is 0 Å². The Labute approximate surface area is 202 Å². The van der Waals surface area contributed by atoms with E-state index in [1.54, 1.807) is 22.7 Å². The Kier molecular flexibility index (Phi) is 9.68. The highest BCUT2D eigenvalue weighted by Gasteiger charge is 2.12. The normalized spacial score (nSPS) is 10.6. The van der Waals surface area contributed by atoms with Gasteiger partial charge in [0.1, 0.15) is 0 Å². The van der Waals surface area contributed by atoms with Crippen LogP contribution >= 0.6 is 34.9 Å². The molecule has 2 heterocycles. The molecular formula is C22H23ClN2O4S3. The van der Waals surface area contributed by atoms with Crippen LogP contribution in [0.1, 0.15) is 22.5 Å². The molecule has 4 rings (SSSR count). The number of rotatable bonds is 2. The van der Waals surface area contributed by atoms with Crippen LogP contribution in [-0.2, 0) is 0 Å². The van der Waals surface area contributed by atoms with E-state index in [0.29, 0.717) is 0 Å². The van der Waals surface area contributed by atoms with Crippen LogP contribution < -0.4 is 23.2 Å². The van der Waals surface area contributed by atoms with Crippen molar-refractivity contribution < 1.29 is 33.4 Å². The third-order valence-corrected chi connectivity index (χ3v) is 6.51. The van der Waals surface area contributed by atoms with E-state index < -0.39 is 10.2 Å². The van der Waals surface area contributed by atoms with Crippen molar-refractivity contribution in [3.8, 4) is 11.4 Å². The summed E-state index contributed by atoms with van der Waals surface area (Å²) in [4.78, 5) is 0. The summed E-state index contributed by atoms with van der Waals surface area (Å²) in [6, 6.07) is 16.7. The number of hydrogen-bond acceptors (Lipinski definition) is 7. The summed E-state index contributed by atoms with van der Waals surface area (Å²) in [6.45, 7) is 8.45. The smallest absolute Gasteiger partial charge is 0.230 e. The fourth-order valence-electron chi connectivity index (χ4n) is 2.90. The maximum atomic E-state index is 8.49. The quantitative estimate of drug-likeness (QED) is 0.302. The van der Waals surface area contributed by atoms with Crippen LogP contribution in [0.15, 0.2) is 64.8 Å². The van der Waals surface area contributed by atoms with Gasteiger partial charge in [0, 0.05) is 29.6 Å². The lowest BCUT2D eigenvalue weighted by atomic mass is 10.2. The van der Waals surface area contributed by atoms with Gasteiger partial charge in [0.25, 0.3) is 0 Å². The first-order chi connectivity index (χ1) is 15.0. The maximum absolute atomic E-state index is 8.49. The highest BCUT2D eigenvalue weighted by Crippen LogP contribution is 2.20. The summed E-state index contributed by atoms with van der Waals surface area (Å²) < 4.78 is 39.2. The Bertz CT molecular complexity index is 1210. The summed E-state index contributed by atoms with van der Waals surface area (Å²) in [5.74, 6) is 0. The van der Waals surface area contributed by atoms with Crippen LogP contribution in [0.3, 0.4) is 0 Å². The van der Waals surface area contributed by atoms with Crippen LogP contribution in [0.25, 0.3) is 11.4 Å². The molecule has 0 saturated carbocycles. The number of aromatic nitrogens is 2. The Morgan fingerprint density at radius 1 is 0.844 bits per heavy atom. The second kappa shape index (κ2) is 11.8. The molecule has 6 nitrogen and oxygen atoms in total. The molecule has 0 atom stereocenters. The van der Waals surface area contributed by atoms with E-state index >= 15 is 0 Å². The lowest BCUT2D eigenvalue weighted by molar-refractivity contribution is -2.00. The third kappa shape index (κ3) is 7.88. The molecule has 2 aromatic heterocycles. The summed E-state index contributed by atoms with van der Waals surface area (Å²) in [5.41, 5.74) is 9.67. The number of hydrogen-bond donors (Lipinski definition) is 0. The van der Waals surface area contributed by atoms with E-state index in [2.05, 4.69) is 89.5 Å². The number of aryl methyl sites for hydroxylation is 4. The lowest BCUT2D eigenvalue weighted by Gasteiger charge is -2.17. The third-order valence-electron chi connectivity index (χ3n) is 4.38. The van der Waals surface area contributed by atoms with E-state index in [4.69, 9.17) is 30.9 Å². The molecular weight excluding hydrogens is 488 g/mol. The number of para-hydroxylation sites is 2. The molecule has 170 valence electrons. The van der Waals surface area contributed by atoms with Crippen molar-refractivity contribution in [3.63, 3.8) is 0 Å². The van der Waals surface area contributed by atoms with Crippen LogP contribution in [0, 0.1) is 41.9 Å². The Balaban J connectivity index is 0.000000189. The minimum absolute atomic E-state index is 0.914. The number of halogens is 1. The molecule has 0 fully saturated rings. The molecule has 0 aliphatic rings. The van der Waals surface area contributed by atoms with Crippen LogP contribution in [0.5, 0.6) is 0 Å².